The molecule has 99 heavy (non-hydrogen) atoms. The van der Waals surface area contributed by atoms with E-state index in [-0.39, 0.29) is 25.7 Å². The molecule has 0 bridgehead atoms. The zero-order valence-electron chi connectivity index (χ0n) is 64.8. The Morgan fingerprint density at radius 2 is 0.465 bits per heavy atom. The summed E-state index contributed by atoms with van der Waals surface area (Å²) in [6.45, 7) is 9.64. The molecule has 5 atom stereocenters. The summed E-state index contributed by atoms with van der Waals surface area (Å²) >= 11 is 0. The Morgan fingerprint density at radius 1 is 0.273 bits per heavy atom. The molecule has 0 aliphatic carbocycles. The van der Waals surface area contributed by atoms with Crippen LogP contribution in [0.1, 0.15) is 420 Å². The van der Waals surface area contributed by atoms with E-state index < -0.39 is 97.5 Å². The van der Waals surface area contributed by atoms with Crippen LogP contribution >= 0.6 is 15.6 Å². The van der Waals surface area contributed by atoms with Crippen molar-refractivity contribution < 1.29 is 80.2 Å². The van der Waals surface area contributed by atoms with E-state index in [0.29, 0.717) is 25.7 Å². The molecule has 0 radical (unpaired) electrons. The molecule has 0 aromatic heterocycles. The Kier molecular flexibility index (Phi) is 70.3. The van der Waals surface area contributed by atoms with E-state index in [2.05, 4.69) is 41.5 Å². The molecular formula is C80H156O17P2. The van der Waals surface area contributed by atoms with E-state index in [4.69, 9.17) is 37.0 Å². The van der Waals surface area contributed by atoms with Crippen LogP contribution in [0.4, 0.5) is 0 Å². The smallest absolute Gasteiger partial charge is 0.462 e. The lowest BCUT2D eigenvalue weighted by Gasteiger charge is -2.21. The maximum Gasteiger partial charge on any atom is 0.472 e. The average Bonchev–Trinajstić information content (AvgIpc) is 1.73. The van der Waals surface area contributed by atoms with Crippen molar-refractivity contribution in [3.63, 3.8) is 0 Å². The number of unbranched alkanes of at least 4 members (excludes halogenated alkanes) is 49. The van der Waals surface area contributed by atoms with Crippen LogP contribution in [0, 0.1) is 11.8 Å². The normalized spacial score (nSPS) is 13.9. The fourth-order valence-electron chi connectivity index (χ4n) is 12.4. The first-order valence-corrected chi connectivity index (χ1v) is 44.5. The fraction of sp³-hybridized carbons (Fsp3) is 0.950. The summed E-state index contributed by atoms with van der Waals surface area (Å²) in [6, 6.07) is 0. The minimum absolute atomic E-state index is 0.107. The molecule has 0 aromatic carbocycles. The molecule has 0 amide bonds. The molecule has 0 heterocycles. The number of carbonyl (C=O) groups is 4. The van der Waals surface area contributed by atoms with Crippen LogP contribution in [0.25, 0.3) is 0 Å². The molecule has 0 spiro atoms. The van der Waals surface area contributed by atoms with Crippen molar-refractivity contribution in [3.8, 4) is 0 Å². The second kappa shape index (κ2) is 71.7. The van der Waals surface area contributed by atoms with Crippen molar-refractivity contribution in [2.75, 3.05) is 39.6 Å². The van der Waals surface area contributed by atoms with Gasteiger partial charge in [0, 0.05) is 25.7 Å². The molecule has 3 N–H and O–H groups in total. The molecule has 0 saturated heterocycles. The molecule has 0 aliphatic heterocycles. The van der Waals surface area contributed by atoms with Gasteiger partial charge in [-0.3, -0.25) is 37.3 Å². The molecule has 588 valence electrons. The highest BCUT2D eigenvalue weighted by molar-refractivity contribution is 7.47. The van der Waals surface area contributed by atoms with Gasteiger partial charge in [0.2, 0.25) is 0 Å². The van der Waals surface area contributed by atoms with E-state index in [1.165, 1.54) is 231 Å². The van der Waals surface area contributed by atoms with Crippen LogP contribution in [0.5, 0.6) is 0 Å². The van der Waals surface area contributed by atoms with Crippen molar-refractivity contribution in [1.82, 2.24) is 0 Å². The van der Waals surface area contributed by atoms with Gasteiger partial charge < -0.3 is 33.8 Å². The summed E-state index contributed by atoms with van der Waals surface area (Å²) in [5, 5.41) is 10.6. The molecular weight excluding hydrogens is 1290 g/mol. The number of hydrogen-bond donors (Lipinski definition) is 3. The third-order valence-corrected chi connectivity index (χ3v) is 20.6. The minimum atomic E-state index is -4.96. The summed E-state index contributed by atoms with van der Waals surface area (Å²) in [5.41, 5.74) is 0. The van der Waals surface area contributed by atoms with Crippen LogP contribution in [-0.4, -0.2) is 96.7 Å². The molecule has 0 aliphatic rings. The number of ether oxygens (including phenoxy) is 4. The number of esters is 4. The highest BCUT2D eigenvalue weighted by atomic mass is 31.2. The topological polar surface area (TPSA) is 237 Å². The number of aliphatic hydroxyl groups excluding tert-OH is 1. The van der Waals surface area contributed by atoms with Gasteiger partial charge in [-0.25, -0.2) is 9.13 Å². The summed E-state index contributed by atoms with van der Waals surface area (Å²) < 4.78 is 68.6. The number of aliphatic hydroxyl groups is 1. The highest BCUT2D eigenvalue weighted by Gasteiger charge is 2.30. The highest BCUT2D eigenvalue weighted by Crippen LogP contribution is 2.45. The van der Waals surface area contributed by atoms with Gasteiger partial charge in [0.05, 0.1) is 26.4 Å². The summed E-state index contributed by atoms with van der Waals surface area (Å²) in [6.07, 6.45) is 61.1. The standard InChI is InChI=1S/C80H156O17P2/c1-7-9-11-13-15-17-18-19-20-26-29-34-39-45-51-57-63-78(83)91-69-76(97-79(84)64-58-52-46-40-35-30-27-24-22-21-23-25-28-32-37-42-48-54-60-72(3)4)71-95-99(88,89)93-67-74(81)66-92-98(86,87)94-70-75(68-90-77(82)62-56-50-44-16-14-12-10-8-2)96-80(85)65-59-53-47-41-36-31-33-38-43-49-55-61-73(5)6/h72-76,81H,7-71H2,1-6H3,(H,86,87)(H,88,89)/t74-,75+,76+/m0/s1. The first kappa shape index (κ1) is 97.1. The van der Waals surface area contributed by atoms with Gasteiger partial charge in [-0.2, -0.15) is 0 Å². The van der Waals surface area contributed by atoms with E-state index in [1.54, 1.807) is 0 Å². The maximum absolute atomic E-state index is 13.1. The van der Waals surface area contributed by atoms with Gasteiger partial charge in [-0.1, -0.05) is 369 Å². The fourth-order valence-corrected chi connectivity index (χ4v) is 13.9. The minimum Gasteiger partial charge on any atom is -0.462 e. The summed E-state index contributed by atoms with van der Waals surface area (Å²) in [5.74, 6) is -0.526. The molecule has 0 fully saturated rings. The van der Waals surface area contributed by atoms with Gasteiger partial charge in [0.25, 0.3) is 0 Å². The molecule has 0 aromatic rings. The number of carbonyl (C=O) groups excluding carboxylic acids is 4. The van der Waals surface area contributed by atoms with Crippen LogP contribution < -0.4 is 0 Å². The van der Waals surface area contributed by atoms with Crippen molar-refractivity contribution in [3.05, 3.63) is 0 Å². The Balaban J connectivity index is 5.19. The molecule has 0 saturated carbocycles. The predicted octanol–water partition coefficient (Wildman–Crippen LogP) is 23.9. The van der Waals surface area contributed by atoms with Crippen molar-refractivity contribution >= 4 is 39.5 Å². The summed E-state index contributed by atoms with van der Waals surface area (Å²) in [7, 11) is -9.91. The lowest BCUT2D eigenvalue weighted by Crippen LogP contribution is -2.30. The van der Waals surface area contributed by atoms with Crippen LogP contribution in [0.3, 0.4) is 0 Å². The SMILES string of the molecule is CCCCCCCCCCCCCCCCCCC(=O)OC[C@H](COP(=O)(O)OC[C@@H](O)COP(=O)(O)OC[C@@H](COC(=O)CCCCCCCCCC)OC(=O)CCCCCCCCCCCCCC(C)C)OC(=O)CCCCCCCCCCCCCCCCCCCCC(C)C. The number of phosphoric ester groups is 2. The van der Waals surface area contributed by atoms with Crippen LogP contribution in [-0.2, 0) is 65.4 Å². The van der Waals surface area contributed by atoms with Gasteiger partial charge >= 0.3 is 39.5 Å². The van der Waals surface area contributed by atoms with Crippen molar-refractivity contribution in [2.24, 2.45) is 11.8 Å². The maximum atomic E-state index is 13.1. The Morgan fingerprint density at radius 3 is 0.687 bits per heavy atom. The largest absolute Gasteiger partial charge is 0.472 e. The van der Waals surface area contributed by atoms with Gasteiger partial charge in [0.1, 0.15) is 19.3 Å². The quantitative estimate of drug-likeness (QED) is 0.0222. The number of phosphoric acid groups is 2. The van der Waals surface area contributed by atoms with Gasteiger partial charge in [-0.05, 0) is 37.5 Å². The van der Waals surface area contributed by atoms with E-state index in [1.807, 2.05) is 0 Å². The van der Waals surface area contributed by atoms with Gasteiger partial charge in [-0.15, -0.1) is 0 Å². The number of rotatable bonds is 79. The van der Waals surface area contributed by atoms with Crippen molar-refractivity contribution in [2.45, 2.75) is 439 Å². The second-order valence-electron chi connectivity index (χ2n) is 29.8. The monoisotopic (exact) mass is 1450 g/mol. The molecule has 2 unspecified atom stereocenters. The van der Waals surface area contributed by atoms with Crippen LogP contribution in [0.15, 0.2) is 0 Å². The zero-order valence-corrected chi connectivity index (χ0v) is 66.6. The van der Waals surface area contributed by atoms with E-state index in [0.717, 1.165) is 108 Å². The Hall–Kier alpha value is -1.94. The molecule has 19 heteroatoms. The van der Waals surface area contributed by atoms with E-state index in [9.17, 15) is 43.2 Å². The first-order chi connectivity index (χ1) is 47.9. The van der Waals surface area contributed by atoms with Gasteiger partial charge in [0.15, 0.2) is 12.2 Å². The zero-order chi connectivity index (χ0) is 72.8. The molecule has 17 nitrogen and oxygen atoms in total. The lowest BCUT2D eigenvalue weighted by atomic mass is 10.0. The molecule has 0 rings (SSSR count). The first-order valence-electron chi connectivity index (χ1n) is 41.5. The number of hydrogen-bond acceptors (Lipinski definition) is 15. The van der Waals surface area contributed by atoms with E-state index >= 15 is 0 Å². The Labute approximate surface area is 607 Å². The van der Waals surface area contributed by atoms with Crippen molar-refractivity contribution in [1.29, 1.82) is 0 Å². The second-order valence-corrected chi connectivity index (χ2v) is 32.7. The van der Waals surface area contributed by atoms with Crippen LogP contribution in [0.2, 0.25) is 0 Å². The predicted molar refractivity (Wildman–Crippen MR) is 405 cm³/mol. The average molecular weight is 1450 g/mol. The third-order valence-electron chi connectivity index (χ3n) is 18.7. The third kappa shape index (κ3) is 74.1. The summed E-state index contributed by atoms with van der Waals surface area (Å²) in [4.78, 5) is 72.9. The Bertz CT molecular complexity index is 1910. The lowest BCUT2D eigenvalue weighted by molar-refractivity contribution is -0.161.